The quantitative estimate of drug-likeness (QED) is 0.870. The van der Waals surface area contributed by atoms with E-state index >= 15 is 0 Å². The molecule has 2 aliphatic rings. The molecule has 5 nitrogen and oxygen atoms in total. The van der Waals surface area contributed by atoms with Crippen LogP contribution in [0.4, 0.5) is 0 Å². The average Bonchev–Trinajstić information content (AvgIpc) is 2.95. The molecule has 2 saturated heterocycles. The first-order chi connectivity index (χ1) is 9.24. The number of fused-ring (bicyclic) bond motifs is 2. The minimum absolute atomic E-state index is 0.723. The van der Waals surface area contributed by atoms with Gasteiger partial charge in [0.05, 0.1) is 5.69 Å². The van der Waals surface area contributed by atoms with Crippen LogP contribution in [0, 0.1) is 0 Å². The fourth-order valence-corrected chi connectivity index (χ4v) is 3.68. The zero-order valence-electron chi connectivity index (χ0n) is 12.0. The van der Waals surface area contributed by atoms with Crippen LogP contribution in [-0.2, 0) is 13.6 Å². The molecule has 0 aliphatic carbocycles. The molecule has 5 heteroatoms. The Labute approximate surface area is 115 Å². The van der Waals surface area contributed by atoms with E-state index in [-0.39, 0.29) is 0 Å². The van der Waals surface area contributed by atoms with Crippen molar-refractivity contribution in [2.24, 2.45) is 7.05 Å². The minimum Gasteiger partial charge on any atom is -0.311 e. The summed E-state index contributed by atoms with van der Waals surface area (Å²) >= 11 is 0. The van der Waals surface area contributed by atoms with Crippen LogP contribution < -0.4 is 5.32 Å². The highest BCUT2D eigenvalue weighted by Crippen LogP contribution is 2.30. The molecule has 0 saturated carbocycles. The van der Waals surface area contributed by atoms with E-state index in [4.69, 9.17) is 0 Å². The number of nitrogens with one attached hydrogen (secondary N) is 1. The highest BCUT2D eigenvalue weighted by molar-refractivity contribution is 4.98. The van der Waals surface area contributed by atoms with Crippen molar-refractivity contribution >= 4 is 0 Å². The molecule has 1 N–H and O–H groups in total. The third kappa shape index (κ3) is 2.98. The number of hydrogen-bond acceptors (Lipinski definition) is 4. The number of hydrogen-bond donors (Lipinski definition) is 1. The molecule has 0 radical (unpaired) electrons. The lowest BCUT2D eigenvalue weighted by Gasteiger charge is -2.37. The fourth-order valence-electron chi connectivity index (χ4n) is 3.68. The van der Waals surface area contributed by atoms with Crippen molar-refractivity contribution in [2.45, 2.75) is 63.7 Å². The molecule has 0 amide bonds. The van der Waals surface area contributed by atoms with Crippen molar-refractivity contribution in [1.82, 2.24) is 25.2 Å². The molecule has 2 fully saturated rings. The van der Waals surface area contributed by atoms with Crippen LogP contribution in [0.1, 0.15) is 44.7 Å². The fraction of sp³-hybridized carbons (Fsp3) is 0.857. The summed E-state index contributed by atoms with van der Waals surface area (Å²) < 4.78 is 1.80. The van der Waals surface area contributed by atoms with E-state index in [1.54, 1.807) is 4.68 Å². The van der Waals surface area contributed by atoms with Crippen LogP contribution in [0.2, 0.25) is 0 Å². The molecule has 2 aliphatic heterocycles. The van der Waals surface area contributed by atoms with Crippen LogP contribution in [-0.4, -0.2) is 44.6 Å². The van der Waals surface area contributed by atoms with Gasteiger partial charge in [-0.3, -0.25) is 9.58 Å². The molecule has 1 aromatic rings. The first kappa shape index (κ1) is 13.1. The zero-order chi connectivity index (χ0) is 13.2. The van der Waals surface area contributed by atoms with Crippen LogP contribution in [0.25, 0.3) is 0 Å². The van der Waals surface area contributed by atoms with Crippen LogP contribution in [0.15, 0.2) is 6.20 Å². The maximum Gasteiger partial charge on any atom is 0.0967 e. The van der Waals surface area contributed by atoms with Gasteiger partial charge in [0.15, 0.2) is 0 Å². The van der Waals surface area contributed by atoms with E-state index in [1.807, 2.05) is 13.2 Å². The predicted octanol–water partition coefficient (Wildman–Crippen LogP) is 1.31. The smallest absolute Gasteiger partial charge is 0.0967 e. The highest BCUT2D eigenvalue weighted by Gasteiger charge is 2.35. The molecule has 2 atom stereocenters. The normalized spacial score (nSPS) is 30.2. The van der Waals surface area contributed by atoms with E-state index in [0.717, 1.165) is 30.4 Å². The summed E-state index contributed by atoms with van der Waals surface area (Å²) in [6.45, 7) is 4.38. The summed E-state index contributed by atoms with van der Waals surface area (Å²) in [6.07, 6.45) is 8.59. The predicted molar refractivity (Wildman–Crippen MR) is 74.7 cm³/mol. The molecule has 3 heterocycles. The maximum atomic E-state index is 4.24. The monoisotopic (exact) mass is 263 g/mol. The van der Waals surface area contributed by atoms with Crippen molar-refractivity contribution < 1.29 is 0 Å². The third-order valence-corrected chi connectivity index (χ3v) is 4.49. The van der Waals surface area contributed by atoms with Gasteiger partial charge in [0.25, 0.3) is 0 Å². The first-order valence-electron chi connectivity index (χ1n) is 7.60. The lowest BCUT2D eigenvalue weighted by molar-refractivity contribution is 0.132. The molecule has 3 rings (SSSR count). The molecule has 0 spiro atoms. The van der Waals surface area contributed by atoms with Crippen LogP contribution in [0.3, 0.4) is 0 Å². The lowest BCUT2D eigenvalue weighted by atomic mass is 9.98. The van der Waals surface area contributed by atoms with E-state index in [2.05, 4.69) is 27.5 Å². The van der Waals surface area contributed by atoms with Crippen molar-refractivity contribution in [2.75, 3.05) is 6.54 Å². The summed E-state index contributed by atoms with van der Waals surface area (Å²) in [7, 11) is 1.94. The van der Waals surface area contributed by atoms with Gasteiger partial charge in [-0.25, -0.2) is 0 Å². The Morgan fingerprint density at radius 3 is 2.68 bits per heavy atom. The molecular formula is C14H25N5. The van der Waals surface area contributed by atoms with Crippen LogP contribution >= 0.6 is 0 Å². The van der Waals surface area contributed by atoms with Crippen LogP contribution in [0.5, 0.6) is 0 Å². The van der Waals surface area contributed by atoms with Gasteiger partial charge in [-0.05, 0) is 38.6 Å². The summed E-state index contributed by atoms with van der Waals surface area (Å²) in [5, 5.41) is 12.0. The summed E-state index contributed by atoms with van der Waals surface area (Å²) in [4.78, 5) is 2.62. The molecule has 0 aromatic carbocycles. The Kier molecular flexibility index (Phi) is 3.84. The average molecular weight is 263 g/mol. The number of aromatic nitrogens is 3. The maximum absolute atomic E-state index is 4.24. The second-order valence-corrected chi connectivity index (χ2v) is 6.12. The van der Waals surface area contributed by atoms with Gasteiger partial charge in [0.1, 0.15) is 0 Å². The van der Waals surface area contributed by atoms with Crippen molar-refractivity contribution in [3.05, 3.63) is 11.9 Å². The molecule has 106 valence electrons. The summed E-state index contributed by atoms with van der Waals surface area (Å²) in [5.74, 6) is 0. The SMILES string of the molecule is CCCN(Cc1cn(C)nn1)C1CC2CCC(C1)N2. The molecule has 1 aromatic heterocycles. The van der Waals surface area contributed by atoms with E-state index in [0.29, 0.717) is 0 Å². The second kappa shape index (κ2) is 5.59. The van der Waals surface area contributed by atoms with E-state index < -0.39 is 0 Å². The summed E-state index contributed by atoms with van der Waals surface area (Å²) in [6, 6.07) is 2.23. The van der Waals surface area contributed by atoms with Crippen molar-refractivity contribution in [1.29, 1.82) is 0 Å². The molecule has 2 bridgehead atoms. The number of aryl methyl sites for hydroxylation is 1. The zero-order valence-corrected chi connectivity index (χ0v) is 12.0. The van der Waals surface area contributed by atoms with Gasteiger partial charge in [-0.1, -0.05) is 12.1 Å². The number of piperidine rings is 1. The highest BCUT2D eigenvalue weighted by atomic mass is 15.4. The molecule has 2 unspecified atom stereocenters. The largest absolute Gasteiger partial charge is 0.311 e. The Hall–Kier alpha value is -0.940. The third-order valence-electron chi connectivity index (χ3n) is 4.49. The van der Waals surface area contributed by atoms with E-state index in [1.165, 1.54) is 38.6 Å². The number of nitrogens with zero attached hydrogens (tertiary/aromatic N) is 4. The minimum atomic E-state index is 0.723. The topological polar surface area (TPSA) is 46.0 Å². The Balaban J connectivity index is 1.66. The lowest BCUT2D eigenvalue weighted by Crippen LogP contribution is -2.48. The molecule has 19 heavy (non-hydrogen) atoms. The van der Waals surface area contributed by atoms with Crippen molar-refractivity contribution in [3.63, 3.8) is 0 Å². The van der Waals surface area contributed by atoms with Gasteiger partial charge in [-0.2, -0.15) is 0 Å². The first-order valence-corrected chi connectivity index (χ1v) is 7.60. The Morgan fingerprint density at radius 1 is 1.37 bits per heavy atom. The van der Waals surface area contributed by atoms with Gasteiger partial charge in [0, 0.05) is 37.9 Å². The van der Waals surface area contributed by atoms with Gasteiger partial charge in [0.2, 0.25) is 0 Å². The van der Waals surface area contributed by atoms with Gasteiger partial charge >= 0.3 is 0 Å². The van der Waals surface area contributed by atoms with Gasteiger partial charge < -0.3 is 5.32 Å². The van der Waals surface area contributed by atoms with Crippen molar-refractivity contribution in [3.8, 4) is 0 Å². The molecular weight excluding hydrogens is 238 g/mol. The summed E-state index contributed by atoms with van der Waals surface area (Å²) in [5.41, 5.74) is 1.10. The van der Waals surface area contributed by atoms with E-state index in [9.17, 15) is 0 Å². The van der Waals surface area contributed by atoms with Gasteiger partial charge in [-0.15, -0.1) is 5.10 Å². The Bertz CT molecular complexity index is 404. The second-order valence-electron chi connectivity index (χ2n) is 6.12. The standard InChI is InChI=1S/C14H25N5/c1-3-6-19(10-13-9-18(2)17-16-13)14-7-11-4-5-12(8-14)15-11/h9,11-12,14-15H,3-8,10H2,1-2H3. The Morgan fingerprint density at radius 2 is 2.11 bits per heavy atom. The number of rotatable bonds is 5.